The molecule has 2 saturated carbocycles. The fourth-order valence-electron chi connectivity index (χ4n) is 4.56. The highest BCUT2D eigenvalue weighted by Gasteiger charge is 2.77. The summed E-state index contributed by atoms with van der Waals surface area (Å²) in [6.45, 7) is 9.50. The first-order valence-electron chi connectivity index (χ1n) is 8.05. The van der Waals surface area contributed by atoms with E-state index in [2.05, 4.69) is 5.32 Å². The molecule has 0 spiro atoms. The van der Waals surface area contributed by atoms with Crippen molar-refractivity contribution in [3.8, 4) is 0 Å². The van der Waals surface area contributed by atoms with Crippen molar-refractivity contribution in [3.63, 3.8) is 0 Å². The summed E-state index contributed by atoms with van der Waals surface area (Å²) in [4.78, 5) is 38.2. The molecule has 122 valence electrons. The Kier molecular flexibility index (Phi) is 3.13. The van der Waals surface area contributed by atoms with Crippen molar-refractivity contribution >= 4 is 23.2 Å². The maximum absolute atomic E-state index is 13.0. The minimum absolute atomic E-state index is 0.341. The molecule has 0 radical (unpaired) electrons. The minimum atomic E-state index is -1.24. The maximum Gasteiger partial charge on any atom is 0.239 e. The van der Waals surface area contributed by atoms with Crippen LogP contribution in [0.15, 0.2) is 18.2 Å². The van der Waals surface area contributed by atoms with Crippen molar-refractivity contribution in [2.24, 2.45) is 16.2 Å². The lowest BCUT2D eigenvalue weighted by Crippen LogP contribution is -2.47. The van der Waals surface area contributed by atoms with Gasteiger partial charge in [0.1, 0.15) is 5.41 Å². The van der Waals surface area contributed by atoms with E-state index in [1.54, 1.807) is 0 Å². The molecule has 0 heterocycles. The van der Waals surface area contributed by atoms with Gasteiger partial charge in [0.05, 0.1) is 0 Å². The minimum Gasteiger partial charge on any atom is -0.325 e. The van der Waals surface area contributed by atoms with Crippen LogP contribution < -0.4 is 5.32 Å². The number of benzene rings is 1. The molecule has 3 rings (SSSR count). The van der Waals surface area contributed by atoms with Gasteiger partial charge in [-0.15, -0.1) is 0 Å². The van der Waals surface area contributed by atoms with Gasteiger partial charge in [0.25, 0.3) is 0 Å². The normalized spacial score (nSPS) is 31.5. The number of rotatable bonds is 2. The quantitative estimate of drug-likeness (QED) is 0.673. The van der Waals surface area contributed by atoms with Gasteiger partial charge >= 0.3 is 0 Å². The number of carbonyl (C=O) groups is 3. The lowest BCUT2D eigenvalue weighted by molar-refractivity contribution is -0.147. The Morgan fingerprint density at radius 1 is 0.957 bits per heavy atom. The van der Waals surface area contributed by atoms with Crippen LogP contribution >= 0.6 is 0 Å². The van der Waals surface area contributed by atoms with E-state index in [4.69, 9.17) is 0 Å². The lowest BCUT2D eigenvalue weighted by atomic mass is 9.64. The molecule has 2 aliphatic carbocycles. The number of Topliss-reactive ketones (excluding diaryl/α,β-unsaturated/α-hetero) is 2. The second-order valence-corrected chi connectivity index (χ2v) is 7.85. The van der Waals surface area contributed by atoms with E-state index in [0.29, 0.717) is 18.5 Å². The molecule has 23 heavy (non-hydrogen) atoms. The van der Waals surface area contributed by atoms with Gasteiger partial charge < -0.3 is 5.32 Å². The second-order valence-electron chi connectivity index (χ2n) is 7.85. The van der Waals surface area contributed by atoms with Crippen molar-refractivity contribution in [3.05, 3.63) is 29.3 Å². The third kappa shape index (κ3) is 1.75. The fourth-order valence-corrected chi connectivity index (χ4v) is 4.56. The zero-order valence-electron chi connectivity index (χ0n) is 14.4. The summed E-state index contributed by atoms with van der Waals surface area (Å²) in [6, 6.07) is 5.78. The molecule has 1 N–H and O–H groups in total. The molecule has 0 saturated heterocycles. The van der Waals surface area contributed by atoms with E-state index in [1.807, 2.05) is 52.8 Å². The van der Waals surface area contributed by atoms with E-state index in [1.165, 1.54) is 0 Å². The smallest absolute Gasteiger partial charge is 0.239 e. The summed E-state index contributed by atoms with van der Waals surface area (Å²) in [5.41, 5.74) is 0.125. The second kappa shape index (κ2) is 4.53. The van der Waals surface area contributed by atoms with Gasteiger partial charge in [0.2, 0.25) is 17.5 Å². The largest absolute Gasteiger partial charge is 0.325 e. The first-order chi connectivity index (χ1) is 10.6. The van der Waals surface area contributed by atoms with Crippen LogP contribution in [0.3, 0.4) is 0 Å². The number of carbonyl (C=O) groups excluding carboxylic acids is 3. The molecule has 2 atom stereocenters. The molecular formula is C19H23NO3. The Labute approximate surface area is 136 Å². The summed E-state index contributed by atoms with van der Waals surface area (Å²) in [5.74, 6) is -1.24. The predicted octanol–water partition coefficient (Wildman–Crippen LogP) is 3.21. The van der Waals surface area contributed by atoms with Crippen molar-refractivity contribution in [2.45, 2.75) is 47.5 Å². The Bertz CT molecular complexity index is 729. The number of aryl methyl sites for hydroxylation is 2. The van der Waals surface area contributed by atoms with E-state index in [9.17, 15) is 14.4 Å². The molecule has 2 aliphatic rings. The third-order valence-electron chi connectivity index (χ3n) is 6.41. The first kappa shape index (κ1) is 15.9. The van der Waals surface area contributed by atoms with Gasteiger partial charge in [-0.2, -0.15) is 0 Å². The van der Waals surface area contributed by atoms with Crippen molar-refractivity contribution in [2.75, 3.05) is 5.32 Å². The highest BCUT2D eigenvalue weighted by atomic mass is 16.2. The Hall–Kier alpha value is -1.97. The fraction of sp³-hybridized carbons (Fsp3) is 0.526. The molecule has 1 aromatic rings. The molecule has 0 aliphatic heterocycles. The van der Waals surface area contributed by atoms with Crippen LogP contribution in [0.4, 0.5) is 5.69 Å². The van der Waals surface area contributed by atoms with Crippen molar-refractivity contribution in [1.29, 1.82) is 0 Å². The summed E-state index contributed by atoms with van der Waals surface area (Å²) >= 11 is 0. The van der Waals surface area contributed by atoms with Gasteiger partial charge in [0, 0.05) is 11.1 Å². The molecule has 1 aromatic carbocycles. The zero-order valence-corrected chi connectivity index (χ0v) is 14.4. The van der Waals surface area contributed by atoms with Crippen LogP contribution in [0.2, 0.25) is 0 Å². The molecule has 4 nitrogen and oxygen atoms in total. The van der Waals surface area contributed by atoms with Crippen LogP contribution in [-0.4, -0.2) is 17.5 Å². The molecule has 2 fully saturated rings. The monoisotopic (exact) mass is 313 g/mol. The standard InChI is InChI=1S/C19H23NO3/c1-11-8-12(2)10-13(9-11)20-16(23)19-7-6-18(5,17(19,3)4)14(21)15(19)22/h8-10H,6-7H2,1-5H3,(H,20,23)/t18-,19+/m1/s1. The number of ketones is 2. The van der Waals surface area contributed by atoms with Gasteiger partial charge in [-0.25, -0.2) is 0 Å². The number of anilines is 1. The highest BCUT2D eigenvalue weighted by molar-refractivity contribution is 6.49. The highest BCUT2D eigenvalue weighted by Crippen LogP contribution is 2.69. The SMILES string of the molecule is Cc1cc(C)cc(NC(=O)[C@]23CC[C@](C)(C(=O)C2=O)C3(C)C)c1. The third-order valence-corrected chi connectivity index (χ3v) is 6.41. The van der Waals surface area contributed by atoms with Gasteiger partial charge in [-0.05, 0) is 55.4 Å². The van der Waals surface area contributed by atoms with Gasteiger partial charge in [-0.1, -0.05) is 26.8 Å². The molecule has 0 unspecified atom stereocenters. The van der Waals surface area contributed by atoms with Gasteiger partial charge in [-0.3, -0.25) is 14.4 Å². The van der Waals surface area contributed by atoms with Gasteiger partial charge in [0.15, 0.2) is 0 Å². The number of nitrogens with one attached hydrogen (secondary N) is 1. The molecule has 0 aromatic heterocycles. The average molecular weight is 313 g/mol. The van der Waals surface area contributed by atoms with Crippen LogP contribution in [0.25, 0.3) is 0 Å². The first-order valence-corrected chi connectivity index (χ1v) is 8.05. The lowest BCUT2D eigenvalue weighted by Gasteiger charge is -2.37. The Balaban J connectivity index is 2.02. The van der Waals surface area contributed by atoms with E-state index in [0.717, 1.165) is 11.1 Å². The zero-order chi connectivity index (χ0) is 17.2. The average Bonchev–Trinajstić information content (AvgIpc) is 2.70. The van der Waals surface area contributed by atoms with Crippen molar-refractivity contribution < 1.29 is 14.4 Å². The summed E-state index contributed by atoms with van der Waals surface area (Å²) in [7, 11) is 0. The molecular weight excluding hydrogens is 290 g/mol. The Morgan fingerprint density at radius 3 is 2.00 bits per heavy atom. The van der Waals surface area contributed by atoms with Crippen molar-refractivity contribution in [1.82, 2.24) is 0 Å². The number of hydrogen-bond donors (Lipinski definition) is 1. The maximum atomic E-state index is 13.0. The van der Waals surface area contributed by atoms with Crippen LogP contribution in [0.5, 0.6) is 0 Å². The number of amides is 1. The van der Waals surface area contributed by atoms with E-state index in [-0.39, 0.29) is 11.7 Å². The van der Waals surface area contributed by atoms with E-state index < -0.39 is 22.0 Å². The predicted molar refractivity (Wildman–Crippen MR) is 88.1 cm³/mol. The summed E-state index contributed by atoms with van der Waals surface area (Å²) < 4.78 is 0. The number of hydrogen-bond acceptors (Lipinski definition) is 3. The summed E-state index contributed by atoms with van der Waals surface area (Å²) in [6.07, 6.45) is 1.03. The Morgan fingerprint density at radius 2 is 1.52 bits per heavy atom. The van der Waals surface area contributed by atoms with E-state index >= 15 is 0 Å². The molecule has 4 heteroatoms. The van der Waals surface area contributed by atoms with Crippen LogP contribution in [0, 0.1) is 30.1 Å². The summed E-state index contributed by atoms with van der Waals surface area (Å²) in [5, 5.41) is 2.90. The molecule has 1 amide bonds. The number of fused-ring (bicyclic) bond motifs is 2. The van der Waals surface area contributed by atoms with Crippen LogP contribution in [-0.2, 0) is 14.4 Å². The van der Waals surface area contributed by atoms with Crippen LogP contribution in [0.1, 0.15) is 44.7 Å². The topological polar surface area (TPSA) is 63.2 Å². The molecule has 2 bridgehead atoms.